The summed E-state index contributed by atoms with van der Waals surface area (Å²) in [5.41, 5.74) is 2.93. The van der Waals surface area contributed by atoms with E-state index < -0.39 is 0 Å². The van der Waals surface area contributed by atoms with E-state index in [1.807, 2.05) is 19.9 Å². The number of methoxy groups -OCH3 is 1. The molecule has 0 radical (unpaired) electrons. The van der Waals surface area contributed by atoms with E-state index in [9.17, 15) is 4.79 Å². The predicted octanol–water partition coefficient (Wildman–Crippen LogP) is 2.36. The van der Waals surface area contributed by atoms with Gasteiger partial charge < -0.3 is 15.0 Å². The van der Waals surface area contributed by atoms with Gasteiger partial charge in [-0.1, -0.05) is 11.6 Å². The van der Waals surface area contributed by atoms with Crippen molar-refractivity contribution in [3.63, 3.8) is 0 Å². The van der Waals surface area contributed by atoms with Gasteiger partial charge in [-0.25, -0.2) is 0 Å². The number of nitrogens with zero attached hydrogens (tertiary/aromatic N) is 1. The predicted molar refractivity (Wildman–Crippen MR) is 81.4 cm³/mol. The minimum atomic E-state index is -0.0138. The van der Waals surface area contributed by atoms with E-state index in [-0.39, 0.29) is 11.9 Å². The van der Waals surface area contributed by atoms with Crippen molar-refractivity contribution >= 4 is 11.6 Å². The first-order valence-corrected chi connectivity index (χ1v) is 7.27. The zero-order valence-corrected chi connectivity index (χ0v) is 12.6. The van der Waals surface area contributed by atoms with Gasteiger partial charge in [-0.15, -0.1) is 0 Å². The lowest BCUT2D eigenvalue weighted by molar-refractivity contribution is 0.0906. The Hall–Kier alpha value is -1.55. The summed E-state index contributed by atoms with van der Waals surface area (Å²) in [6.07, 6.45) is 2.41. The number of carbonyl (C=O) groups excluding carboxylic acids is 1. The van der Waals surface area contributed by atoms with Crippen molar-refractivity contribution in [1.29, 1.82) is 0 Å². The molecule has 1 atom stereocenters. The van der Waals surface area contributed by atoms with Crippen LogP contribution in [0.4, 0.5) is 5.69 Å². The summed E-state index contributed by atoms with van der Waals surface area (Å²) in [5.74, 6) is -0.0138. The molecule has 1 aromatic rings. The van der Waals surface area contributed by atoms with Gasteiger partial charge in [0.1, 0.15) is 0 Å². The molecule has 1 unspecified atom stereocenters. The van der Waals surface area contributed by atoms with Gasteiger partial charge in [0.25, 0.3) is 5.91 Å². The molecule has 2 rings (SSSR count). The third kappa shape index (κ3) is 3.51. The molecule has 4 heteroatoms. The van der Waals surface area contributed by atoms with Crippen LogP contribution in [0, 0.1) is 6.92 Å². The fraction of sp³-hybridized carbons (Fsp3) is 0.562. The van der Waals surface area contributed by atoms with Gasteiger partial charge in [-0.05, 0) is 38.8 Å². The minimum Gasteiger partial charge on any atom is -0.383 e. The lowest BCUT2D eigenvalue weighted by Crippen LogP contribution is -2.36. The quantitative estimate of drug-likeness (QED) is 0.897. The third-order valence-corrected chi connectivity index (χ3v) is 3.64. The average Bonchev–Trinajstić information content (AvgIpc) is 2.92. The van der Waals surface area contributed by atoms with Crippen molar-refractivity contribution in [2.24, 2.45) is 0 Å². The van der Waals surface area contributed by atoms with E-state index >= 15 is 0 Å². The number of rotatable bonds is 5. The first kappa shape index (κ1) is 14.9. The van der Waals surface area contributed by atoms with Crippen molar-refractivity contribution in [2.75, 3.05) is 31.7 Å². The number of aryl methyl sites for hydroxylation is 1. The van der Waals surface area contributed by atoms with Crippen LogP contribution in [0.25, 0.3) is 0 Å². The van der Waals surface area contributed by atoms with E-state index in [0.717, 1.165) is 29.9 Å². The first-order valence-electron chi connectivity index (χ1n) is 7.27. The third-order valence-electron chi connectivity index (χ3n) is 3.64. The van der Waals surface area contributed by atoms with Gasteiger partial charge >= 0.3 is 0 Å². The Morgan fingerprint density at radius 2 is 2.10 bits per heavy atom. The highest BCUT2D eigenvalue weighted by atomic mass is 16.5. The van der Waals surface area contributed by atoms with Crippen molar-refractivity contribution < 1.29 is 9.53 Å². The lowest BCUT2D eigenvalue weighted by Gasteiger charge is -2.22. The Kier molecular flexibility index (Phi) is 5.01. The summed E-state index contributed by atoms with van der Waals surface area (Å²) in [7, 11) is 1.64. The number of benzene rings is 1. The highest BCUT2D eigenvalue weighted by molar-refractivity contribution is 6.00. The zero-order valence-electron chi connectivity index (χ0n) is 12.6. The highest BCUT2D eigenvalue weighted by Gasteiger charge is 2.20. The molecule has 1 aliphatic rings. The summed E-state index contributed by atoms with van der Waals surface area (Å²) in [6, 6.07) is 6.13. The number of hydrogen-bond acceptors (Lipinski definition) is 3. The molecular formula is C16H24N2O2. The van der Waals surface area contributed by atoms with Gasteiger partial charge in [0.2, 0.25) is 0 Å². The van der Waals surface area contributed by atoms with Crippen LogP contribution in [0.3, 0.4) is 0 Å². The maximum Gasteiger partial charge on any atom is 0.253 e. The van der Waals surface area contributed by atoms with Crippen LogP contribution >= 0.6 is 0 Å². The van der Waals surface area contributed by atoms with E-state index in [1.165, 1.54) is 12.8 Å². The highest BCUT2D eigenvalue weighted by Crippen LogP contribution is 2.25. The summed E-state index contributed by atoms with van der Waals surface area (Å²) in [6.45, 7) is 6.57. The summed E-state index contributed by atoms with van der Waals surface area (Å²) >= 11 is 0. The molecule has 110 valence electrons. The summed E-state index contributed by atoms with van der Waals surface area (Å²) in [4.78, 5) is 14.8. The van der Waals surface area contributed by atoms with Crippen LogP contribution in [0.5, 0.6) is 0 Å². The maximum atomic E-state index is 12.5. The SMILES string of the molecule is COCC(C)NC(=O)c1cc(C)ccc1N1CCCC1. The van der Waals surface area contributed by atoms with Crippen molar-refractivity contribution in [1.82, 2.24) is 5.32 Å². The molecule has 1 amide bonds. The van der Waals surface area contributed by atoms with Crippen molar-refractivity contribution in [2.45, 2.75) is 32.7 Å². The Morgan fingerprint density at radius 1 is 1.40 bits per heavy atom. The Morgan fingerprint density at radius 3 is 2.75 bits per heavy atom. The monoisotopic (exact) mass is 276 g/mol. The topological polar surface area (TPSA) is 41.6 Å². The molecule has 20 heavy (non-hydrogen) atoms. The van der Waals surface area contributed by atoms with E-state index in [0.29, 0.717) is 6.61 Å². The Labute approximate surface area is 121 Å². The van der Waals surface area contributed by atoms with Crippen LogP contribution in [0.15, 0.2) is 18.2 Å². The normalized spacial score (nSPS) is 16.2. The molecule has 1 N–H and O–H groups in total. The van der Waals surface area contributed by atoms with E-state index in [2.05, 4.69) is 22.3 Å². The second-order valence-corrected chi connectivity index (χ2v) is 5.54. The molecule has 0 aliphatic carbocycles. The molecule has 1 heterocycles. The number of amides is 1. The van der Waals surface area contributed by atoms with Crippen molar-refractivity contribution in [3.05, 3.63) is 29.3 Å². The number of hydrogen-bond donors (Lipinski definition) is 1. The standard InChI is InChI=1S/C16H24N2O2/c1-12-6-7-15(18-8-4-5-9-18)14(10-12)16(19)17-13(2)11-20-3/h6-7,10,13H,4-5,8-9,11H2,1-3H3,(H,17,19). The average molecular weight is 276 g/mol. The molecule has 0 aromatic heterocycles. The molecule has 1 aromatic carbocycles. The smallest absolute Gasteiger partial charge is 0.253 e. The number of anilines is 1. The van der Waals surface area contributed by atoms with Crippen LogP contribution in [-0.4, -0.2) is 38.8 Å². The Balaban J connectivity index is 2.20. The van der Waals surface area contributed by atoms with E-state index in [1.54, 1.807) is 7.11 Å². The Bertz CT molecular complexity index is 468. The van der Waals surface area contributed by atoms with Gasteiger partial charge in [-0.3, -0.25) is 4.79 Å². The number of ether oxygens (including phenoxy) is 1. The second kappa shape index (κ2) is 6.75. The van der Waals surface area contributed by atoms with Crippen LogP contribution in [0.2, 0.25) is 0 Å². The zero-order chi connectivity index (χ0) is 14.5. The summed E-state index contributed by atoms with van der Waals surface area (Å²) < 4.78 is 5.07. The number of nitrogens with one attached hydrogen (secondary N) is 1. The van der Waals surface area contributed by atoms with Crippen molar-refractivity contribution in [3.8, 4) is 0 Å². The van der Waals surface area contributed by atoms with Crippen LogP contribution < -0.4 is 10.2 Å². The minimum absolute atomic E-state index is 0.0134. The van der Waals surface area contributed by atoms with Gasteiger partial charge in [0, 0.05) is 31.9 Å². The lowest BCUT2D eigenvalue weighted by atomic mass is 10.1. The molecule has 1 saturated heterocycles. The molecule has 4 nitrogen and oxygen atoms in total. The second-order valence-electron chi connectivity index (χ2n) is 5.54. The van der Waals surface area contributed by atoms with Gasteiger partial charge in [-0.2, -0.15) is 0 Å². The largest absolute Gasteiger partial charge is 0.383 e. The van der Waals surface area contributed by atoms with Crippen LogP contribution in [-0.2, 0) is 4.74 Å². The fourth-order valence-electron chi connectivity index (χ4n) is 2.66. The van der Waals surface area contributed by atoms with E-state index in [4.69, 9.17) is 4.74 Å². The fourth-order valence-corrected chi connectivity index (χ4v) is 2.66. The molecule has 1 fully saturated rings. The number of carbonyl (C=O) groups is 1. The first-order chi connectivity index (χ1) is 9.61. The maximum absolute atomic E-state index is 12.5. The summed E-state index contributed by atoms with van der Waals surface area (Å²) in [5, 5.41) is 3.00. The molecule has 1 aliphatic heterocycles. The molecule has 0 bridgehead atoms. The van der Waals surface area contributed by atoms with Gasteiger partial charge in [0.05, 0.1) is 12.2 Å². The van der Waals surface area contributed by atoms with Gasteiger partial charge in [0.15, 0.2) is 0 Å². The van der Waals surface area contributed by atoms with Crippen LogP contribution in [0.1, 0.15) is 35.7 Å². The molecule has 0 spiro atoms. The molecular weight excluding hydrogens is 252 g/mol. The molecule has 0 saturated carbocycles.